The van der Waals surface area contributed by atoms with Crippen LogP contribution in [0.4, 0.5) is 21.7 Å². The zero-order valence-corrected chi connectivity index (χ0v) is 12.3. The zero-order chi connectivity index (χ0) is 13.8. The van der Waals surface area contributed by atoms with Crippen molar-refractivity contribution < 1.29 is 4.39 Å². The van der Waals surface area contributed by atoms with Crippen molar-refractivity contribution in [3.8, 4) is 0 Å². The summed E-state index contributed by atoms with van der Waals surface area (Å²) in [5, 5.41) is 6.20. The Morgan fingerprint density at radius 2 is 1.95 bits per heavy atom. The second kappa shape index (κ2) is 5.97. The van der Waals surface area contributed by atoms with Gasteiger partial charge in [0.2, 0.25) is 0 Å². The van der Waals surface area contributed by atoms with E-state index in [4.69, 9.17) is 0 Å². The van der Waals surface area contributed by atoms with E-state index in [1.54, 1.807) is 12.1 Å². The first kappa shape index (κ1) is 13.7. The maximum atomic E-state index is 13.2. The van der Waals surface area contributed by atoms with E-state index < -0.39 is 0 Å². The highest BCUT2D eigenvalue weighted by molar-refractivity contribution is 9.10. The molecular weight excluding hydrogens is 311 g/mol. The van der Waals surface area contributed by atoms with Gasteiger partial charge in [0.05, 0.1) is 5.69 Å². The Morgan fingerprint density at radius 1 is 1.21 bits per heavy atom. The molecule has 19 heavy (non-hydrogen) atoms. The van der Waals surface area contributed by atoms with Gasteiger partial charge in [0.15, 0.2) is 0 Å². The largest absolute Gasteiger partial charge is 0.370 e. The van der Waals surface area contributed by atoms with Gasteiger partial charge in [-0.15, -0.1) is 0 Å². The van der Waals surface area contributed by atoms with Crippen LogP contribution in [0.2, 0.25) is 0 Å². The van der Waals surface area contributed by atoms with Gasteiger partial charge in [0, 0.05) is 17.1 Å². The first-order valence-corrected chi connectivity index (χ1v) is 6.69. The average molecular weight is 325 g/mol. The van der Waals surface area contributed by atoms with Crippen molar-refractivity contribution in [2.75, 3.05) is 17.2 Å². The van der Waals surface area contributed by atoms with Crippen molar-refractivity contribution in [1.82, 2.24) is 9.97 Å². The standard InChI is InChI=1S/C13H14BrFN4/c1-3-16-12-7-13(18-8(2)17-12)19-11-6-9(15)4-5-10(11)14/h4-7H,3H2,1-2H3,(H2,16,17,18,19). The normalized spacial score (nSPS) is 10.3. The molecule has 0 bridgehead atoms. The van der Waals surface area contributed by atoms with Crippen LogP contribution < -0.4 is 10.6 Å². The lowest BCUT2D eigenvalue weighted by Gasteiger charge is -2.10. The number of anilines is 3. The van der Waals surface area contributed by atoms with Gasteiger partial charge in [-0.25, -0.2) is 14.4 Å². The molecule has 0 radical (unpaired) electrons. The van der Waals surface area contributed by atoms with Crippen LogP contribution >= 0.6 is 15.9 Å². The molecule has 0 aliphatic rings. The van der Waals surface area contributed by atoms with Gasteiger partial charge in [-0.3, -0.25) is 0 Å². The molecule has 1 aromatic heterocycles. The van der Waals surface area contributed by atoms with Crippen molar-refractivity contribution >= 4 is 33.3 Å². The molecule has 4 nitrogen and oxygen atoms in total. The van der Waals surface area contributed by atoms with E-state index in [9.17, 15) is 4.39 Å². The van der Waals surface area contributed by atoms with Gasteiger partial charge in [0.1, 0.15) is 23.3 Å². The molecule has 0 amide bonds. The lowest BCUT2D eigenvalue weighted by Crippen LogP contribution is -2.04. The molecule has 2 aromatic rings. The van der Waals surface area contributed by atoms with E-state index in [-0.39, 0.29) is 5.82 Å². The Labute approximate surface area is 119 Å². The Balaban J connectivity index is 2.29. The van der Waals surface area contributed by atoms with Gasteiger partial charge in [-0.1, -0.05) is 0 Å². The van der Waals surface area contributed by atoms with Crippen LogP contribution in [0.25, 0.3) is 0 Å². The third kappa shape index (κ3) is 3.64. The van der Waals surface area contributed by atoms with Crippen molar-refractivity contribution in [2.24, 2.45) is 0 Å². The molecule has 2 N–H and O–H groups in total. The highest BCUT2D eigenvalue weighted by Crippen LogP contribution is 2.26. The summed E-state index contributed by atoms with van der Waals surface area (Å²) < 4.78 is 14.0. The van der Waals surface area contributed by atoms with Gasteiger partial charge >= 0.3 is 0 Å². The summed E-state index contributed by atoms with van der Waals surface area (Å²) in [5.41, 5.74) is 0.626. The molecule has 0 atom stereocenters. The van der Waals surface area contributed by atoms with Gasteiger partial charge < -0.3 is 10.6 Å². The first-order valence-electron chi connectivity index (χ1n) is 5.90. The van der Waals surface area contributed by atoms with Gasteiger partial charge in [-0.2, -0.15) is 0 Å². The van der Waals surface area contributed by atoms with Crippen LogP contribution in [0.3, 0.4) is 0 Å². The van der Waals surface area contributed by atoms with Crippen molar-refractivity contribution in [1.29, 1.82) is 0 Å². The van der Waals surface area contributed by atoms with E-state index in [1.165, 1.54) is 12.1 Å². The number of nitrogens with one attached hydrogen (secondary N) is 2. The minimum absolute atomic E-state index is 0.302. The molecule has 0 saturated heterocycles. The fraction of sp³-hybridized carbons (Fsp3) is 0.231. The second-order valence-corrected chi connectivity index (χ2v) is 4.82. The molecule has 0 fully saturated rings. The minimum atomic E-state index is -0.302. The van der Waals surface area contributed by atoms with Gasteiger partial charge in [-0.05, 0) is 48.0 Å². The summed E-state index contributed by atoms with van der Waals surface area (Å²) in [4.78, 5) is 8.53. The topological polar surface area (TPSA) is 49.8 Å². The number of hydrogen-bond acceptors (Lipinski definition) is 4. The Kier molecular flexibility index (Phi) is 4.31. The van der Waals surface area contributed by atoms with Crippen LogP contribution in [-0.4, -0.2) is 16.5 Å². The van der Waals surface area contributed by atoms with Crippen LogP contribution in [-0.2, 0) is 0 Å². The number of aryl methyl sites for hydroxylation is 1. The Bertz CT molecular complexity index is 589. The number of nitrogens with zero attached hydrogens (tertiary/aromatic N) is 2. The molecule has 0 spiro atoms. The smallest absolute Gasteiger partial charge is 0.136 e. The van der Waals surface area contributed by atoms with Crippen molar-refractivity contribution in [2.45, 2.75) is 13.8 Å². The van der Waals surface area contributed by atoms with E-state index in [1.807, 2.05) is 13.8 Å². The number of aromatic nitrogens is 2. The summed E-state index contributed by atoms with van der Waals surface area (Å²) in [5.74, 6) is 1.71. The quantitative estimate of drug-likeness (QED) is 0.896. The average Bonchev–Trinajstić information content (AvgIpc) is 2.33. The number of halogens is 2. The summed E-state index contributed by atoms with van der Waals surface area (Å²) in [6.07, 6.45) is 0. The lowest BCUT2D eigenvalue weighted by atomic mass is 10.3. The van der Waals surface area contributed by atoms with E-state index in [0.717, 1.165) is 16.8 Å². The predicted molar refractivity (Wildman–Crippen MR) is 78.3 cm³/mol. The molecule has 1 heterocycles. The van der Waals surface area contributed by atoms with E-state index >= 15 is 0 Å². The molecule has 0 unspecified atom stereocenters. The molecular formula is C13H14BrFN4. The number of rotatable bonds is 4. The monoisotopic (exact) mass is 324 g/mol. The molecule has 0 aliphatic carbocycles. The van der Waals surface area contributed by atoms with Gasteiger partial charge in [0.25, 0.3) is 0 Å². The lowest BCUT2D eigenvalue weighted by molar-refractivity contribution is 0.628. The molecule has 6 heteroatoms. The predicted octanol–water partition coefficient (Wildman–Crippen LogP) is 3.86. The highest BCUT2D eigenvalue weighted by atomic mass is 79.9. The van der Waals surface area contributed by atoms with Crippen LogP contribution in [0.1, 0.15) is 12.7 Å². The van der Waals surface area contributed by atoms with E-state index in [0.29, 0.717) is 17.3 Å². The maximum absolute atomic E-state index is 13.2. The molecule has 2 rings (SSSR count). The summed E-state index contributed by atoms with van der Waals surface area (Å²) >= 11 is 3.37. The molecule has 100 valence electrons. The molecule has 0 aliphatic heterocycles. The SMILES string of the molecule is CCNc1cc(Nc2cc(F)ccc2Br)nc(C)n1. The summed E-state index contributed by atoms with van der Waals surface area (Å²) in [6.45, 7) is 4.58. The van der Waals surface area contributed by atoms with Crippen LogP contribution in [0.15, 0.2) is 28.7 Å². The fourth-order valence-corrected chi connectivity index (χ4v) is 1.98. The highest BCUT2D eigenvalue weighted by Gasteiger charge is 2.05. The molecule has 0 saturated carbocycles. The van der Waals surface area contributed by atoms with E-state index in [2.05, 4.69) is 36.5 Å². The Hall–Kier alpha value is -1.69. The van der Waals surface area contributed by atoms with Crippen molar-refractivity contribution in [3.05, 3.63) is 40.4 Å². The maximum Gasteiger partial charge on any atom is 0.136 e. The third-order valence-electron chi connectivity index (χ3n) is 2.39. The fourth-order valence-electron chi connectivity index (χ4n) is 1.63. The second-order valence-electron chi connectivity index (χ2n) is 3.97. The first-order chi connectivity index (χ1) is 9.08. The van der Waals surface area contributed by atoms with Crippen molar-refractivity contribution in [3.63, 3.8) is 0 Å². The minimum Gasteiger partial charge on any atom is -0.370 e. The summed E-state index contributed by atoms with van der Waals surface area (Å²) in [7, 11) is 0. The third-order valence-corrected chi connectivity index (χ3v) is 3.08. The zero-order valence-electron chi connectivity index (χ0n) is 10.7. The van der Waals surface area contributed by atoms with Crippen LogP contribution in [0, 0.1) is 12.7 Å². The number of hydrogen-bond donors (Lipinski definition) is 2. The summed E-state index contributed by atoms with van der Waals surface area (Å²) in [6, 6.07) is 6.24. The number of benzene rings is 1. The Morgan fingerprint density at radius 3 is 2.68 bits per heavy atom. The molecule has 1 aromatic carbocycles. The van der Waals surface area contributed by atoms with Crippen LogP contribution in [0.5, 0.6) is 0 Å².